The van der Waals surface area contributed by atoms with E-state index in [1.54, 1.807) is 0 Å². The number of phenols is 1. The Morgan fingerprint density at radius 1 is 1.35 bits per heavy atom. The molecule has 0 saturated carbocycles. The largest absolute Gasteiger partial charge is 0.508 e. The Morgan fingerprint density at radius 2 is 2.06 bits per heavy atom. The minimum absolute atomic E-state index is 0.0462. The third kappa shape index (κ3) is 4.75. The van der Waals surface area contributed by atoms with Crippen LogP contribution in [0.15, 0.2) is 29.2 Å². The molecule has 0 bridgehead atoms. The van der Waals surface area contributed by atoms with E-state index >= 15 is 0 Å². The van der Waals surface area contributed by atoms with Crippen molar-refractivity contribution in [3.63, 3.8) is 0 Å². The van der Waals surface area contributed by atoms with Gasteiger partial charge in [-0.2, -0.15) is 0 Å². The van der Waals surface area contributed by atoms with E-state index in [4.69, 9.17) is 0 Å². The summed E-state index contributed by atoms with van der Waals surface area (Å²) < 4.78 is 26.1. The van der Waals surface area contributed by atoms with E-state index in [1.165, 1.54) is 24.3 Å². The molecule has 1 aromatic rings. The van der Waals surface area contributed by atoms with Gasteiger partial charge in [0.25, 0.3) is 0 Å². The van der Waals surface area contributed by atoms with Gasteiger partial charge in [0, 0.05) is 6.54 Å². The molecule has 0 saturated heterocycles. The summed E-state index contributed by atoms with van der Waals surface area (Å²) in [7, 11) is -3.49. The van der Waals surface area contributed by atoms with Gasteiger partial charge in [0.2, 0.25) is 10.0 Å². The van der Waals surface area contributed by atoms with Crippen LogP contribution in [0.2, 0.25) is 0 Å². The molecule has 0 unspecified atom stereocenters. The molecule has 0 aliphatic heterocycles. The molecule has 0 radical (unpaired) electrons. The molecule has 0 aliphatic rings. The number of phenolic OH excluding ortho intramolecular Hbond substituents is 1. The molecular weight excluding hydrogens is 238 g/mol. The van der Waals surface area contributed by atoms with Crippen LogP contribution in [0.25, 0.3) is 0 Å². The molecule has 2 N–H and O–H groups in total. The van der Waals surface area contributed by atoms with Crippen molar-refractivity contribution in [3.8, 4) is 5.75 Å². The molecule has 17 heavy (non-hydrogen) atoms. The van der Waals surface area contributed by atoms with Crippen LogP contribution < -0.4 is 4.72 Å². The molecule has 1 aromatic carbocycles. The first-order valence-corrected chi connectivity index (χ1v) is 7.19. The predicted molar refractivity (Wildman–Crippen MR) is 67.4 cm³/mol. The van der Waals surface area contributed by atoms with Crippen molar-refractivity contribution >= 4 is 10.0 Å². The van der Waals surface area contributed by atoms with Crippen LogP contribution >= 0.6 is 0 Å². The lowest BCUT2D eigenvalue weighted by molar-refractivity contribution is 0.473. The van der Waals surface area contributed by atoms with Crippen LogP contribution in [-0.2, 0) is 10.0 Å². The summed E-state index contributed by atoms with van der Waals surface area (Å²) >= 11 is 0. The highest BCUT2D eigenvalue weighted by molar-refractivity contribution is 7.89. The number of benzene rings is 1. The summed E-state index contributed by atoms with van der Waals surface area (Å²) in [4.78, 5) is 0.0991. The van der Waals surface area contributed by atoms with Crippen molar-refractivity contribution in [1.29, 1.82) is 0 Å². The summed E-state index contributed by atoms with van der Waals surface area (Å²) in [6.45, 7) is 4.63. The quantitative estimate of drug-likeness (QED) is 0.767. The molecule has 0 heterocycles. The van der Waals surface area contributed by atoms with E-state index in [2.05, 4.69) is 18.6 Å². The zero-order chi connectivity index (χ0) is 12.9. The van der Waals surface area contributed by atoms with Gasteiger partial charge in [0.05, 0.1) is 4.90 Å². The Labute approximate surface area is 103 Å². The predicted octanol–water partition coefficient (Wildman–Crippen LogP) is 2.11. The standard InChI is InChI=1S/C12H19NO3S/c1-10(2)5-4-8-13-17(15,16)12-7-3-6-11(14)9-12/h3,6-7,9-10,13-14H,4-5,8H2,1-2H3. The monoisotopic (exact) mass is 257 g/mol. The maximum absolute atomic E-state index is 11.8. The topological polar surface area (TPSA) is 66.4 Å². The first-order chi connectivity index (χ1) is 7.92. The van der Waals surface area contributed by atoms with Gasteiger partial charge in [-0.25, -0.2) is 13.1 Å². The lowest BCUT2D eigenvalue weighted by Crippen LogP contribution is -2.24. The molecule has 0 amide bonds. The summed E-state index contributed by atoms with van der Waals surface area (Å²) in [5, 5.41) is 9.23. The molecule has 0 aromatic heterocycles. The second kappa shape index (κ2) is 6.02. The lowest BCUT2D eigenvalue weighted by atomic mass is 10.1. The third-order valence-electron chi connectivity index (χ3n) is 2.38. The van der Waals surface area contributed by atoms with Crippen LogP contribution in [-0.4, -0.2) is 20.1 Å². The zero-order valence-electron chi connectivity index (χ0n) is 10.2. The van der Waals surface area contributed by atoms with Gasteiger partial charge in [-0.1, -0.05) is 19.9 Å². The summed E-state index contributed by atoms with van der Waals surface area (Å²) in [5.41, 5.74) is 0. The molecule has 1 rings (SSSR count). The Hall–Kier alpha value is -1.07. The van der Waals surface area contributed by atoms with E-state index in [-0.39, 0.29) is 10.6 Å². The lowest BCUT2D eigenvalue weighted by Gasteiger charge is -2.08. The molecule has 96 valence electrons. The Morgan fingerprint density at radius 3 is 2.65 bits per heavy atom. The molecule has 0 atom stereocenters. The van der Waals surface area contributed by atoms with Crippen molar-refractivity contribution in [2.45, 2.75) is 31.6 Å². The van der Waals surface area contributed by atoms with Crippen molar-refractivity contribution in [2.75, 3.05) is 6.54 Å². The third-order valence-corrected chi connectivity index (χ3v) is 3.84. The number of sulfonamides is 1. The molecule has 0 aliphatic carbocycles. The van der Waals surface area contributed by atoms with Gasteiger partial charge < -0.3 is 5.11 Å². The average Bonchev–Trinajstić information content (AvgIpc) is 2.24. The minimum atomic E-state index is -3.49. The molecule has 0 spiro atoms. The van der Waals surface area contributed by atoms with Gasteiger partial charge in [-0.05, 0) is 37.0 Å². The molecular formula is C12H19NO3S. The molecule has 5 heteroatoms. The summed E-state index contributed by atoms with van der Waals surface area (Å²) in [5.74, 6) is 0.523. The first-order valence-electron chi connectivity index (χ1n) is 5.70. The number of hydrogen-bond acceptors (Lipinski definition) is 3. The fraction of sp³-hybridized carbons (Fsp3) is 0.500. The Kier molecular flexibility index (Phi) is 4.96. The van der Waals surface area contributed by atoms with Gasteiger partial charge in [-0.15, -0.1) is 0 Å². The van der Waals surface area contributed by atoms with Gasteiger partial charge in [0.15, 0.2) is 0 Å². The van der Waals surface area contributed by atoms with E-state index < -0.39 is 10.0 Å². The van der Waals surface area contributed by atoms with E-state index in [0.29, 0.717) is 12.5 Å². The van der Waals surface area contributed by atoms with Gasteiger partial charge in [0.1, 0.15) is 5.75 Å². The van der Waals surface area contributed by atoms with E-state index in [0.717, 1.165) is 12.8 Å². The fourth-order valence-electron chi connectivity index (χ4n) is 1.45. The van der Waals surface area contributed by atoms with Crippen molar-refractivity contribution in [2.24, 2.45) is 5.92 Å². The highest BCUT2D eigenvalue weighted by Gasteiger charge is 2.13. The van der Waals surface area contributed by atoms with Crippen LogP contribution in [0.1, 0.15) is 26.7 Å². The summed E-state index contributed by atoms with van der Waals surface area (Å²) in [6, 6.07) is 5.66. The van der Waals surface area contributed by atoms with E-state index in [9.17, 15) is 13.5 Å². The first kappa shape index (κ1) is 14.0. The van der Waals surface area contributed by atoms with Crippen molar-refractivity contribution in [1.82, 2.24) is 4.72 Å². The smallest absolute Gasteiger partial charge is 0.240 e. The van der Waals surface area contributed by atoms with Crippen LogP contribution in [0.3, 0.4) is 0 Å². The number of rotatable bonds is 6. The minimum Gasteiger partial charge on any atom is -0.508 e. The van der Waals surface area contributed by atoms with Gasteiger partial charge in [-0.3, -0.25) is 0 Å². The number of nitrogens with one attached hydrogen (secondary N) is 1. The fourth-order valence-corrected chi connectivity index (χ4v) is 2.56. The van der Waals surface area contributed by atoms with Crippen LogP contribution in [0.4, 0.5) is 0 Å². The SMILES string of the molecule is CC(C)CCCNS(=O)(=O)c1cccc(O)c1. The van der Waals surface area contributed by atoms with Crippen molar-refractivity contribution in [3.05, 3.63) is 24.3 Å². The maximum atomic E-state index is 11.8. The highest BCUT2D eigenvalue weighted by Crippen LogP contribution is 2.15. The number of aromatic hydroxyl groups is 1. The van der Waals surface area contributed by atoms with Crippen LogP contribution in [0, 0.1) is 5.92 Å². The maximum Gasteiger partial charge on any atom is 0.240 e. The van der Waals surface area contributed by atoms with Crippen molar-refractivity contribution < 1.29 is 13.5 Å². The van der Waals surface area contributed by atoms with Crippen LogP contribution in [0.5, 0.6) is 5.75 Å². The summed E-state index contributed by atoms with van der Waals surface area (Å²) in [6.07, 6.45) is 1.80. The van der Waals surface area contributed by atoms with E-state index in [1.807, 2.05) is 0 Å². The zero-order valence-corrected chi connectivity index (χ0v) is 11.0. The second-order valence-corrected chi connectivity index (χ2v) is 6.20. The normalized spacial score (nSPS) is 11.9. The molecule has 0 fully saturated rings. The second-order valence-electron chi connectivity index (χ2n) is 4.43. The Balaban J connectivity index is 2.57. The number of hydrogen-bond donors (Lipinski definition) is 2. The Bertz CT molecular complexity index is 455. The average molecular weight is 257 g/mol. The molecule has 4 nitrogen and oxygen atoms in total. The van der Waals surface area contributed by atoms with Gasteiger partial charge >= 0.3 is 0 Å². The highest BCUT2D eigenvalue weighted by atomic mass is 32.2.